The molecule has 6 heterocycles. The number of allylic oxidation sites excluding steroid dienone is 1. The van der Waals surface area contributed by atoms with Gasteiger partial charge in [0.1, 0.15) is 0 Å². The fourth-order valence-electron chi connectivity index (χ4n) is 11.2. The lowest BCUT2D eigenvalue weighted by atomic mass is 9.88. The molecule has 0 spiro atoms. The van der Waals surface area contributed by atoms with E-state index < -0.39 is 0 Å². The van der Waals surface area contributed by atoms with Crippen LogP contribution >= 0.6 is 68.9 Å². The third kappa shape index (κ3) is 18.8. The molecule has 72 heavy (non-hydrogen) atoms. The first kappa shape index (κ1) is 59.6. The molecule has 398 valence electrons. The van der Waals surface area contributed by atoms with E-state index in [1.165, 1.54) is 275 Å². The minimum Gasteiger partial charge on any atom is -0.281 e. The van der Waals surface area contributed by atoms with Crippen LogP contribution in [0.3, 0.4) is 0 Å². The predicted octanol–water partition coefficient (Wildman–Crippen LogP) is 23.7. The van der Waals surface area contributed by atoms with E-state index in [-0.39, 0.29) is 10.2 Å². The highest BCUT2D eigenvalue weighted by Crippen LogP contribution is 2.55. The van der Waals surface area contributed by atoms with Crippen molar-refractivity contribution in [3.05, 3.63) is 73.3 Å². The lowest BCUT2D eigenvalue weighted by Gasteiger charge is -2.17. The van der Waals surface area contributed by atoms with Gasteiger partial charge in [-0.2, -0.15) is 0 Å². The van der Waals surface area contributed by atoms with E-state index in [1.54, 1.807) is 5.56 Å². The fourth-order valence-corrected chi connectivity index (χ4v) is 18.1. The Morgan fingerprint density at radius 3 is 1.17 bits per heavy atom. The maximum absolute atomic E-state index is 13.4. The number of rotatable bonds is 40. The quantitative estimate of drug-likeness (QED) is 0.0416. The number of hydrogen-bond donors (Lipinski definition) is 0. The van der Waals surface area contributed by atoms with Gasteiger partial charge in [0.05, 0.1) is 11.1 Å². The second-order valence-electron chi connectivity index (χ2n) is 21.7. The van der Waals surface area contributed by atoms with Crippen molar-refractivity contribution < 1.29 is 9.59 Å². The number of thioether (sulfide) groups is 2. The summed E-state index contributed by atoms with van der Waals surface area (Å²) in [6.07, 6.45) is 45.9. The number of carbonyl (C=O) groups excluding carboxylic acids is 2. The molecule has 0 aliphatic carbocycles. The van der Waals surface area contributed by atoms with Gasteiger partial charge < -0.3 is 0 Å². The molecule has 2 aliphatic heterocycles. The Balaban J connectivity index is 1.21. The summed E-state index contributed by atoms with van der Waals surface area (Å²) < 4.78 is 0. The van der Waals surface area contributed by atoms with Gasteiger partial charge in [0, 0.05) is 48.8 Å². The van der Waals surface area contributed by atoms with E-state index in [2.05, 4.69) is 71.0 Å². The van der Waals surface area contributed by atoms with Gasteiger partial charge in [-0.25, -0.2) is 0 Å². The maximum Gasteiger partial charge on any atom is 0.225 e. The molecule has 0 aromatic carbocycles. The van der Waals surface area contributed by atoms with Gasteiger partial charge in [-0.15, -0.1) is 45.3 Å². The van der Waals surface area contributed by atoms with Crippen LogP contribution in [-0.2, 0) is 22.4 Å². The SMILES string of the molecule is CCCCCCCCCCC(CCCCCCCC)Cc1cc(C)sc1-c1ccc(-c2ccc(-c3sc(C4=C5C(=O)SC(C)=C5C(=O)S4)cc3CC(CCCCCCCC)CCCCCCCCCC)s2)s1. The molecule has 2 nitrogen and oxygen atoms in total. The van der Waals surface area contributed by atoms with Crippen LogP contribution in [0.5, 0.6) is 0 Å². The van der Waals surface area contributed by atoms with Crippen LogP contribution in [0, 0.1) is 18.8 Å². The van der Waals surface area contributed by atoms with Gasteiger partial charge in [0.15, 0.2) is 0 Å². The molecule has 2 unspecified atom stereocenters. The molecule has 2 aliphatic rings. The van der Waals surface area contributed by atoms with Crippen molar-refractivity contribution in [1.82, 2.24) is 0 Å². The van der Waals surface area contributed by atoms with E-state index in [0.717, 1.165) is 27.0 Å². The highest BCUT2D eigenvalue weighted by Gasteiger charge is 2.41. The Morgan fingerprint density at radius 2 is 0.736 bits per heavy atom. The Kier molecular flexibility index (Phi) is 27.7. The number of hydrogen-bond acceptors (Lipinski definition) is 8. The molecule has 2 atom stereocenters. The smallest absolute Gasteiger partial charge is 0.225 e. The zero-order valence-electron chi connectivity index (χ0n) is 45.9. The molecular formula is C64H94O2S6. The molecule has 0 amide bonds. The van der Waals surface area contributed by atoms with E-state index >= 15 is 0 Å². The van der Waals surface area contributed by atoms with Crippen LogP contribution in [0.1, 0.15) is 261 Å². The molecule has 0 N–H and O–H groups in total. The van der Waals surface area contributed by atoms with Crippen LogP contribution in [0.4, 0.5) is 0 Å². The van der Waals surface area contributed by atoms with E-state index in [4.69, 9.17) is 0 Å². The molecule has 6 rings (SSSR count). The zero-order chi connectivity index (χ0) is 50.9. The number of unbranched alkanes of at least 4 members (excludes halogenated alkanes) is 24. The monoisotopic (exact) mass is 1090 g/mol. The summed E-state index contributed by atoms with van der Waals surface area (Å²) in [7, 11) is 0. The van der Waals surface area contributed by atoms with Crippen LogP contribution in [0.2, 0.25) is 0 Å². The Hall–Kier alpha value is -1.68. The van der Waals surface area contributed by atoms with Crippen LogP contribution in [-0.4, -0.2) is 10.2 Å². The minimum atomic E-state index is 0.0378. The van der Waals surface area contributed by atoms with Crippen LogP contribution < -0.4 is 0 Å². The summed E-state index contributed by atoms with van der Waals surface area (Å²) in [5.74, 6) is 1.41. The maximum atomic E-state index is 13.4. The first-order chi connectivity index (χ1) is 35.2. The standard InChI is InChI=1S/C64H94O2S6/c1-7-11-15-19-23-25-29-33-36-49(35-31-27-21-17-13-9-3)44-51-43-47(5)67-60(51)55-41-39-53(69-55)54-40-42-56(70-54)61-52(46-57(71-61)62-59-58(63(65)72-62)48(6)68-64(59)66)45-50(37-32-28-22-18-14-10-4)38-34-30-26-24-20-16-12-8-2/h39-43,46,49-50H,7-38,44-45H2,1-6H3. The van der Waals surface area contributed by atoms with E-state index in [1.807, 2.05) is 52.3 Å². The van der Waals surface area contributed by atoms with Gasteiger partial charge in [-0.05, 0) is 97.8 Å². The topological polar surface area (TPSA) is 34.1 Å². The Morgan fingerprint density at radius 1 is 0.375 bits per heavy atom. The zero-order valence-corrected chi connectivity index (χ0v) is 50.8. The van der Waals surface area contributed by atoms with E-state index in [0.29, 0.717) is 17.1 Å². The predicted molar refractivity (Wildman–Crippen MR) is 329 cm³/mol. The first-order valence-corrected chi connectivity index (χ1v) is 34.5. The third-order valence-corrected chi connectivity index (χ3v) is 22.5. The third-order valence-electron chi connectivity index (χ3n) is 15.4. The number of thiophene rings is 4. The highest BCUT2D eigenvalue weighted by molar-refractivity contribution is 8.24. The molecule has 0 bridgehead atoms. The molecule has 0 saturated carbocycles. The molecular weight excluding hydrogens is 993 g/mol. The second kappa shape index (κ2) is 33.5. The molecule has 0 radical (unpaired) electrons. The molecule has 4 aromatic rings. The van der Waals surface area contributed by atoms with Crippen molar-refractivity contribution in [2.45, 2.75) is 260 Å². The Bertz CT molecular complexity index is 2280. The average molecular weight is 1090 g/mol. The number of aryl methyl sites for hydroxylation is 1. The normalized spacial score (nSPS) is 14.8. The van der Waals surface area contributed by atoms with Crippen LogP contribution in [0.15, 0.2) is 52.4 Å². The van der Waals surface area contributed by atoms with Crippen molar-refractivity contribution in [3.63, 3.8) is 0 Å². The van der Waals surface area contributed by atoms with Crippen molar-refractivity contribution in [3.8, 4) is 29.3 Å². The first-order valence-electron chi connectivity index (χ1n) is 29.6. The minimum absolute atomic E-state index is 0.0378. The Labute approximate surface area is 464 Å². The van der Waals surface area contributed by atoms with Crippen molar-refractivity contribution in [2.24, 2.45) is 11.8 Å². The molecule has 0 saturated heterocycles. The lowest BCUT2D eigenvalue weighted by molar-refractivity contribution is -0.109. The van der Waals surface area contributed by atoms with Crippen molar-refractivity contribution >= 4 is 84.0 Å². The lowest BCUT2D eigenvalue weighted by Crippen LogP contribution is -2.05. The van der Waals surface area contributed by atoms with Crippen molar-refractivity contribution in [2.75, 3.05) is 0 Å². The van der Waals surface area contributed by atoms with E-state index in [9.17, 15) is 9.59 Å². The fraction of sp³-hybridized carbons (Fsp3) is 0.656. The highest BCUT2D eigenvalue weighted by atomic mass is 32.2. The molecule has 8 heteroatoms. The largest absolute Gasteiger partial charge is 0.281 e. The van der Waals surface area contributed by atoms with Gasteiger partial charge in [-0.1, -0.05) is 245 Å². The summed E-state index contributed by atoms with van der Waals surface area (Å²) in [6, 6.07) is 14.5. The molecule has 0 fully saturated rings. The van der Waals surface area contributed by atoms with Gasteiger partial charge in [0.2, 0.25) is 10.2 Å². The summed E-state index contributed by atoms with van der Waals surface area (Å²) in [5.41, 5.74) is 4.32. The summed E-state index contributed by atoms with van der Waals surface area (Å²) in [4.78, 5) is 39.4. The number of fused-ring (bicyclic) bond motifs is 1. The summed E-state index contributed by atoms with van der Waals surface area (Å²) in [5, 5.41) is 0.0756. The van der Waals surface area contributed by atoms with Crippen molar-refractivity contribution in [1.29, 1.82) is 0 Å². The molecule has 4 aromatic heterocycles. The van der Waals surface area contributed by atoms with Gasteiger partial charge in [0.25, 0.3) is 0 Å². The average Bonchev–Trinajstić information content (AvgIpc) is 4.25. The van der Waals surface area contributed by atoms with Crippen LogP contribution in [0.25, 0.3) is 34.2 Å². The van der Waals surface area contributed by atoms with Gasteiger partial charge in [-0.3, -0.25) is 9.59 Å². The summed E-state index contributed by atoms with van der Waals surface area (Å²) >= 11 is 10.3. The number of carbonyl (C=O) groups is 2. The van der Waals surface area contributed by atoms with Gasteiger partial charge >= 0.3 is 0 Å². The second-order valence-corrected chi connectivity index (χ2v) is 28.3. The summed E-state index contributed by atoms with van der Waals surface area (Å²) in [6.45, 7) is 13.5.